The number of carbonyl (C=O) groups is 1. The van der Waals surface area contributed by atoms with Crippen LogP contribution in [0.2, 0.25) is 0 Å². The Kier molecular flexibility index (Phi) is 6.53. The molecule has 2 heterocycles. The maximum Gasteiger partial charge on any atom is 0.179 e. The molecule has 0 amide bonds. The lowest BCUT2D eigenvalue weighted by Crippen LogP contribution is -2.51. The number of rotatable bonds is 6. The first kappa shape index (κ1) is 19.5. The molecule has 142 valence electrons. The number of Topliss-reactive ketones (excluding diaryl/α,β-unsaturated/α-hetero) is 1. The van der Waals surface area contributed by atoms with Crippen molar-refractivity contribution >= 4 is 28.7 Å². The van der Waals surface area contributed by atoms with Crippen LogP contribution in [-0.4, -0.2) is 60.0 Å². The Balaban J connectivity index is 1.57. The first-order chi connectivity index (χ1) is 13.1. The highest BCUT2D eigenvalue weighted by molar-refractivity contribution is 7.80. The molecule has 5 nitrogen and oxygen atoms in total. The highest BCUT2D eigenvalue weighted by Gasteiger charge is 2.26. The van der Waals surface area contributed by atoms with Crippen LogP contribution in [0.3, 0.4) is 0 Å². The minimum atomic E-state index is -0.129. The van der Waals surface area contributed by atoms with Crippen LogP contribution in [-0.2, 0) is 11.2 Å². The van der Waals surface area contributed by atoms with Gasteiger partial charge in [0.05, 0.1) is 13.2 Å². The van der Waals surface area contributed by atoms with Crippen molar-refractivity contribution in [3.8, 4) is 0 Å². The number of methoxy groups -OCH3 is 1. The number of ether oxygens (including phenoxy) is 1. The number of anilines is 1. The zero-order valence-electron chi connectivity index (χ0n) is 15.8. The van der Waals surface area contributed by atoms with Gasteiger partial charge in [0.25, 0.3) is 0 Å². The van der Waals surface area contributed by atoms with Gasteiger partial charge in [-0.15, -0.1) is 0 Å². The van der Waals surface area contributed by atoms with Crippen molar-refractivity contribution in [1.29, 1.82) is 0 Å². The normalized spacial score (nSPS) is 16.0. The van der Waals surface area contributed by atoms with Gasteiger partial charge in [-0.3, -0.25) is 14.7 Å². The lowest BCUT2D eigenvalue weighted by Gasteiger charge is -2.38. The van der Waals surface area contributed by atoms with E-state index in [-0.39, 0.29) is 11.8 Å². The van der Waals surface area contributed by atoms with Crippen LogP contribution in [0.4, 0.5) is 5.69 Å². The van der Waals surface area contributed by atoms with Crippen molar-refractivity contribution in [3.63, 3.8) is 0 Å². The fourth-order valence-corrected chi connectivity index (χ4v) is 3.52. The van der Waals surface area contributed by atoms with Crippen LogP contribution >= 0.6 is 12.2 Å². The van der Waals surface area contributed by atoms with E-state index < -0.39 is 0 Å². The molecule has 27 heavy (non-hydrogen) atoms. The Morgan fingerprint density at radius 1 is 1.11 bits per heavy atom. The van der Waals surface area contributed by atoms with Gasteiger partial charge in [-0.1, -0.05) is 24.3 Å². The second kappa shape index (κ2) is 9.06. The van der Waals surface area contributed by atoms with Crippen molar-refractivity contribution in [3.05, 3.63) is 59.9 Å². The van der Waals surface area contributed by atoms with Gasteiger partial charge in [0.1, 0.15) is 0 Å². The SMILES string of the molecule is COC(=S)Cc1ccc(C(=O)C(C)N2CCN(c3ccncc3)CC2)cc1. The van der Waals surface area contributed by atoms with Gasteiger partial charge in [0.2, 0.25) is 0 Å². The molecule has 2 aromatic rings. The topological polar surface area (TPSA) is 45.7 Å². The number of piperazine rings is 1. The average Bonchev–Trinajstić information content (AvgIpc) is 2.74. The molecule has 1 fully saturated rings. The fraction of sp³-hybridized carbons (Fsp3) is 0.381. The van der Waals surface area contributed by atoms with Gasteiger partial charge in [-0.25, -0.2) is 0 Å². The maximum absolute atomic E-state index is 12.9. The Morgan fingerprint density at radius 3 is 2.33 bits per heavy atom. The number of nitrogens with zero attached hydrogens (tertiary/aromatic N) is 3. The molecule has 1 aromatic heterocycles. The molecule has 1 atom stereocenters. The average molecular weight is 384 g/mol. The molecular weight excluding hydrogens is 358 g/mol. The molecule has 0 aliphatic carbocycles. The lowest BCUT2D eigenvalue weighted by atomic mass is 10.0. The van der Waals surface area contributed by atoms with E-state index in [4.69, 9.17) is 17.0 Å². The summed E-state index contributed by atoms with van der Waals surface area (Å²) in [6.45, 7) is 5.56. The first-order valence-electron chi connectivity index (χ1n) is 9.17. The van der Waals surface area contributed by atoms with Crippen molar-refractivity contribution < 1.29 is 9.53 Å². The lowest BCUT2D eigenvalue weighted by molar-refractivity contribution is 0.0830. The monoisotopic (exact) mass is 383 g/mol. The van der Waals surface area contributed by atoms with E-state index in [0.717, 1.165) is 37.3 Å². The van der Waals surface area contributed by atoms with Gasteiger partial charge in [0, 0.05) is 56.2 Å². The largest absolute Gasteiger partial charge is 0.490 e. The number of aromatic nitrogens is 1. The highest BCUT2D eigenvalue weighted by Crippen LogP contribution is 2.18. The summed E-state index contributed by atoms with van der Waals surface area (Å²) < 4.78 is 5.04. The first-order valence-corrected chi connectivity index (χ1v) is 9.58. The third-order valence-electron chi connectivity index (χ3n) is 5.08. The quantitative estimate of drug-likeness (QED) is 0.564. The predicted octanol–water partition coefficient (Wildman–Crippen LogP) is 2.99. The van der Waals surface area contributed by atoms with E-state index >= 15 is 0 Å². The summed E-state index contributed by atoms with van der Waals surface area (Å²) in [5.41, 5.74) is 2.98. The number of carbonyl (C=O) groups excluding carboxylic acids is 1. The Morgan fingerprint density at radius 2 is 1.74 bits per heavy atom. The number of thiocarbonyl (C=S) groups is 1. The van der Waals surface area contributed by atoms with E-state index in [1.54, 1.807) is 7.11 Å². The van der Waals surface area contributed by atoms with Crippen molar-refractivity contribution in [2.45, 2.75) is 19.4 Å². The molecular formula is C21H25N3O2S. The van der Waals surface area contributed by atoms with Crippen molar-refractivity contribution in [2.24, 2.45) is 0 Å². The molecule has 0 bridgehead atoms. The molecule has 1 saturated heterocycles. The molecule has 1 unspecified atom stereocenters. The minimum absolute atomic E-state index is 0.129. The Hall–Kier alpha value is -2.31. The van der Waals surface area contributed by atoms with Gasteiger partial charge < -0.3 is 9.64 Å². The zero-order valence-corrected chi connectivity index (χ0v) is 16.6. The maximum atomic E-state index is 12.9. The molecule has 6 heteroatoms. The summed E-state index contributed by atoms with van der Waals surface area (Å²) in [6, 6.07) is 11.6. The van der Waals surface area contributed by atoms with Crippen LogP contribution < -0.4 is 4.90 Å². The summed E-state index contributed by atoms with van der Waals surface area (Å²) >= 11 is 5.09. The minimum Gasteiger partial charge on any atom is -0.490 e. The van der Waals surface area contributed by atoms with E-state index in [9.17, 15) is 4.79 Å². The second-order valence-electron chi connectivity index (χ2n) is 6.72. The smallest absolute Gasteiger partial charge is 0.179 e. The number of ketones is 1. The summed E-state index contributed by atoms with van der Waals surface area (Å²) in [7, 11) is 1.58. The van der Waals surface area contributed by atoms with E-state index in [1.165, 1.54) is 5.69 Å². The third kappa shape index (κ3) is 4.90. The summed E-state index contributed by atoms with van der Waals surface area (Å²) in [4.78, 5) is 21.5. The second-order valence-corrected chi connectivity index (χ2v) is 7.17. The van der Waals surface area contributed by atoms with E-state index in [0.29, 0.717) is 11.5 Å². The highest BCUT2D eigenvalue weighted by atomic mass is 32.1. The standard InChI is InChI=1S/C21H25N3O2S/c1-16(21(25)18-5-3-17(4-6-18)15-20(27)26-2)23-11-13-24(14-12-23)19-7-9-22-10-8-19/h3-10,16H,11-15H2,1-2H3. The van der Waals surface area contributed by atoms with Gasteiger partial charge in [-0.2, -0.15) is 0 Å². The van der Waals surface area contributed by atoms with Crippen LogP contribution in [0, 0.1) is 0 Å². The zero-order chi connectivity index (χ0) is 19.2. The molecule has 0 saturated carbocycles. The van der Waals surface area contributed by atoms with E-state index in [2.05, 4.69) is 14.8 Å². The number of benzene rings is 1. The van der Waals surface area contributed by atoms with Gasteiger partial charge in [-0.05, 0) is 36.8 Å². The van der Waals surface area contributed by atoms with Crippen LogP contribution in [0.1, 0.15) is 22.8 Å². The van der Waals surface area contributed by atoms with Crippen molar-refractivity contribution in [1.82, 2.24) is 9.88 Å². The molecule has 1 aliphatic heterocycles. The van der Waals surface area contributed by atoms with Gasteiger partial charge in [0.15, 0.2) is 10.8 Å². The van der Waals surface area contributed by atoms with Crippen molar-refractivity contribution in [2.75, 3.05) is 38.2 Å². The predicted molar refractivity (Wildman–Crippen MR) is 112 cm³/mol. The molecule has 0 radical (unpaired) electrons. The van der Waals surface area contributed by atoms with Gasteiger partial charge >= 0.3 is 0 Å². The molecule has 1 aliphatic rings. The van der Waals surface area contributed by atoms with Crippen LogP contribution in [0.5, 0.6) is 0 Å². The number of hydrogen-bond acceptors (Lipinski definition) is 6. The fourth-order valence-electron chi connectivity index (χ4n) is 3.36. The Bertz CT molecular complexity index is 772. The number of hydrogen-bond donors (Lipinski definition) is 0. The third-order valence-corrected chi connectivity index (χ3v) is 5.39. The molecule has 1 aromatic carbocycles. The van der Waals surface area contributed by atoms with Crippen LogP contribution in [0.15, 0.2) is 48.8 Å². The molecule has 0 spiro atoms. The van der Waals surface area contributed by atoms with E-state index in [1.807, 2.05) is 55.7 Å². The summed E-state index contributed by atoms with van der Waals surface area (Å²) in [5, 5.41) is 0.550. The summed E-state index contributed by atoms with van der Waals surface area (Å²) in [6.07, 6.45) is 4.22. The molecule has 3 rings (SSSR count). The van der Waals surface area contributed by atoms with Crippen LogP contribution in [0.25, 0.3) is 0 Å². The molecule has 0 N–H and O–H groups in total. The number of pyridine rings is 1. The summed E-state index contributed by atoms with van der Waals surface area (Å²) in [5.74, 6) is 0.160. The Labute approximate surface area is 166 Å².